The Labute approximate surface area is 181 Å². The Morgan fingerprint density at radius 1 is 1.10 bits per heavy atom. The number of carbonyl (C=O) groups is 1. The molecule has 0 bridgehead atoms. The van der Waals surface area contributed by atoms with Crippen molar-refractivity contribution in [1.29, 1.82) is 0 Å². The maximum atomic E-state index is 11.9. The molecule has 0 atom stereocenters. The molecule has 0 aromatic heterocycles. The first-order valence-electron chi connectivity index (χ1n) is 11.4. The Morgan fingerprint density at radius 3 is 2.30 bits per heavy atom. The zero-order valence-corrected chi connectivity index (χ0v) is 19.1. The standard InChI is InChI=1S/C23H39N5O2/c1-5-24-22(26-21-13-15-28(16-14-21)23(29)30-8-4)25-17-19-9-11-20(12-10-19)18-27(6-2)7-3/h9-12,21H,5-8,13-18H2,1-4H3,(H2,24,25,26). The van der Waals surface area contributed by atoms with E-state index in [1.54, 1.807) is 4.90 Å². The van der Waals surface area contributed by atoms with Gasteiger partial charge in [0.25, 0.3) is 0 Å². The van der Waals surface area contributed by atoms with Crippen LogP contribution in [-0.4, -0.2) is 67.2 Å². The topological polar surface area (TPSA) is 69.2 Å². The highest BCUT2D eigenvalue weighted by Crippen LogP contribution is 2.12. The SMILES string of the molecule is CCNC(=NCc1ccc(CN(CC)CC)cc1)NC1CCN(C(=O)OCC)CC1. The van der Waals surface area contributed by atoms with Crippen molar-refractivity contribution < 1.29 is 9.53 Å². The van der Waals surface area contributed by atoms with Crippen LogP contribution in [-0.2, 0) is 17.8 Å². The van der Waals surface area contributed by atoms with Gasteiger partial charge in [-0.1, -0.05) is 38.1 Å². The van der Waals surface area contributed by atoms with E-state index >= 15 is 0 Å². The maximum absolute atomic E-state index is 11.9. The number of amides is 1. The highest BCUT2D eigenvalue weighted by Gasteiger charge is 2.24. The lowest BCUT2D eigenvalue weighted by molar-refractivity contribution is 0.0963. The number of ether oxygens (including phenoxy) is 1. The molecule has 0 radical (unpaired) electrons. The summed E-state index contributed by atoms with van der Waals surface area (Å²) in [7, 11) is 0. The van der Waals surface area contributed by atoms with Crippen LogP contribution < -0.4 is 10.6 Å². The van der Waals surface area contributed by atoms with Crippen LogP contribution in [0.3, 0.4) is 0 Å². The molecule has 30 heavy (non-hydrogen) atoms. The molecule has 168 valence electrons. The van der Waals surface area contributed by atoms with Crippen molar-refractivity contribution in [3.8, 4) is 0 Å². The van der Waals surface area contributed by atoms with Crippen LogP contribution in [0.4, 0.5) is 4.79 Å². The molecule has 1 saturated heterocycles. The van der Waals surface area contributed by atoms with Gasteiger partial charge < -0.3 is 20.3 Å². The number of benzene rings is 1. The molecule has 1 heterocycles. The molecule has 0 saturated carbocycles. The second-order valence-corrected chi connectivity index (χ2v) is 7.58. The van der Waals surface area contributed by atoms with E-state index in [4.69, 9.17) is 9.73 Å². The molecule has 7 nitrogen and oxygen atoms in total. The van der Waals surface area contributed by atoms with Gasteiger partial charge in [0.2, 0.25) is 0 Å². The minimum atomic E-state index is -0.207. The third-order valence-corrected chi connectivity index (χ3v) is 5.45. The number of carbonyl (C=O) groups excluding carboxylic acids is 1. The minimum absolute atomic E-state index is 0.207. The van der Waals surface area contributed by atoms with E-state index in [1.807, 2.05) is 6.92 Å². The first-order chi connectivity index (χ1) is 14.6. The minimum Gasteiger partial charge on any atom is -0.450 e. The van der Waals surface area contributed by atoms with E-state index in [2.05, 4.69) is 60.6 Å². The van der Waals surface area contributed by atoms with Crippen molar-refractivity contribution in [1.82, 2.24) is 20.4 Å². The van der Waals surface area contributed by atoms with Gasteiger partial charge in [-0.25, -0.2) is 9.79 Å². The molecule has 0 aliphatic carbocycles. The zero-order chi connectivity index (χ0) is 21.8. The molecule has 2 N–H and O–H groups in total. The number of nitrogens with one attached hydrogen (secondary N) is 2. The summed E-state index contributed by atoms with van der Waals surface area (Å²) in [6.07, 6.45) is 1.58. The molecule has 7 heteroatoms. The third-order valence-electron chi connectivity index (χ3n) is 5.45. The summed E-state index contributed by atoms with van der Waals surface area (Å²) in [6, 6.07) is 9.06. The first-order valence-corrected chi connectivity index (χ1v) is 11.4. The van der Waals surface area contributed by atoms with Gasteiger partial charge in [0.15, 0.2) is 5.96 Å². The van der Waals surface area contributed by atoms with Gasteiger partial charge in [-0.15, -0.1) is 0 Å². The molecule has 0 spiro atoms. The quantitative estimate of drug-likeness (QED) is 0.477. The normalized spacial score (nSPS) is 15.4. The van der Waals surface area contributed by atoms with E-state index in [0.717, 1.165) is 45.0 Å². The second-order valence-electron chi connectivity index (χ2n) is 7.58. The van der Waals surface area contributed by atoms with E-state index < -0.39 is 0 Å². The smallest absolute Gasteiger partial charge is 0.409 e. The van der Waals surface area contributed by atoms with E-state index in [-0.39, 0.29) is 6.09 Å². The lowest BCUT2D eigenvalue weighted by Crippen LogP contribution is -2.49. The molecular formula is C23H39N5O2. The number of hydrogen-bond donors (Lipinski definition) is 2. The maximum Gasteiger partial charge on any atom is 0.409 e. The van der Waals surface area contributed by atoms with E-state index in [1.165, 1.54) is 11.1 Å². The average Bonchev–Trinajstić information content (AvgIpc) is 2.77. The van der Waals surface area contributed by atoms with Crippen LogP contribution >= 0.6 is 0 Å². The summed E-state index contributed by atoms with van der Waals surface area (Å²) >= 11 is 0. The Balaban J connectivity index is 1.86. The second kappa shape index (κ2) is 13.1. The van der Waals surface area contributed by atoms with Gasteiger partial charge in [0.1, 0.15) is 0 Å². The van der Waals surface area contributed by atoms with Gasteiger partial charge in [-0.05, 0) is 50.9 Å². The summed E-state index contributed by atoms with van der Waals surface area (Å²) in [5, 5.41) is 6.86. The third kappa shape index (κ3) is 7.86. The molecular weight excluding hydrogens is 378 g/mol. The van der Waals surface area contributed by atoms with Crippen LogP contribution in [0.15, 0.2) is 29.3 Å². The summed E-state index contributed by atoms with van der Waals surface area (Å²) in [5.41, 5.74) is 2.54. The van der Waals surface area contributed by atoms with Crippen molar-refractivity contribution in [3.05, 3.63) is 35.4 Å². The van der Waals surface area contributed by atoms with Crippen molar-refractivity contribution in [2.45, 2.75) is 59.7 Å². The van der Waals surface area contributed by atoms with Gasteiger partial charge in [-0.2, -0.15) is 0 Å². The molecule has 1 aliphatic heterocycles. The van der Waals surface area contributed by atoms with Crippen molar-refractivity contribution in [2.24, 2.45) is 4.99 Å². The lowest BCUT2D eigenvalue weighted by Gasteiger charge is -2.32. The zero-order valence-electron chi connectivity index (χ0n) is 19.1. The molecule has 1 aromatic carbocycles. The summed E-state index contributed by atoms with van der Waals surface area (Å²) in [5.74, 6) is 0.833. The lowest BCUT2D eigenvalue weighted by atomic mass is 10.1. The predicted molar refractivity (Wildman–Crippen MR) is 123 cm³/mol. The van der Waals surface area contributed by atoms with Crippen LogP contribution in [0.1, 0.15) is 51.7 Å². The molecule has 1 aliphatic rings. The van der Waals surface area contributed by atoms with Gasteiger partial charge in [-0.3, -0.25) is 4.90 Å². The van der Waals surface area contributed by atoms with Crippen LogP contribution in [0.25, 0.3) is 0 Å². The Hall–Kier alpha value is -2.28. The number of guanidine groups is 1. The summed E-state index contributed by atoms with van der Waals surface area (Å²) in [6.45, 7) is 14.7. The Kier molecular flexibility index (Phi) is 10.5. The molecule has 2 rings (SSSR count). The molecule has 1 fully saturated rings. The van der Waals surface area contributed by atoms with E-state index in [0.29, 0.717) is 32.3 Å². The van der Waals surface area contributed by atoms with Crippen LogP contribution in [0.2, 0.25) is 0 Å². The fourth-order valence-corrected chi connectivity index (χ4v) is 3.56. The molecule has 0 unspecified atom stereocenters. The predicted octanol–water partition coefficient (Wildman–Crippen LogP) is 3.20. The highest BCUT2D eigenvalue weighted by atomic mass is 16.6. The monoisotopic (exact) mass is 417 g/mol. The number of piperidine rings is 1. The fourth-order valence-electron chi connectivity index (χ4n) is 3.56. The number of rotatable bonds is 9. The Morgan fingerprint density at radius 2 is 1.73 bits per heavy atom. The molecule has 1 amide bonds. The van der Waals surface area contributed by atoms with Gasteiger partial charge in [0.05, 0.1) is 13.2 Å². The average molecular weight is 418 g/mol. The van der Waals surface area contributed by atoms with Crippen LogP contribution in [0.5, 0.6) is 0 Å². The fraction of sp³-hybridized carbons (Fsp3) is 0.652. The van der Waals surface area contributed by atoms with Crippen molar-refractivity contribution >= 4 is 12.1 Å². The number of likely N-dealkylation sites (tertiary alicyclic amines) is 1. The van der Waals surface area contributed by atoms with Crippen molar-refractivity contribution in [3.63, 3.8) is 0 Å². The largest absolute Gasteiger partial charge is 0.450 e. The first kappa shape index (κ1) is 24.0. The number of aliphatic imine (C=N–C) groups is 1. The summed E-state index contributed by atoms with van der Waals surface area (Å²) in [4.78, 5) is 20.8. The summed E-state index contributed by atoms with van der Waals surface area (Å²) < 4.78 is 5.09. The van der Waals surface area contributed by atoms with E-state index in [9.17, 15) is 4.79 Å². The van der Waals surface area contributed by atoms with Gasteiger partial charge >= 0.3 is 6.09 Å². The molecule has 1 aromatic rings. The van der Waals surface area contributed by atoms with Crippen LogP contribution in [0, 0.1) is 0 Å². The highest BCUT2D eigenvalue weighted by molar-refractivity contribution is 5.80. The number of hydrogen-bond acceptors (Lipinski definition) is 4. The van der Waals surface area contributed by atoms with Crippen molar-refractivity contribution in [2.75, 3.05) is 39.3 Å². The van der Waals surface area contributed by atoms with Gasteiger partial charge in [0, 0.05) is 32.2 Å². The number of nitrogens with zero attached hydrogens (tertiary/aromatic N) is 3. The Bertz CT molecular complexity index is 650.